The summed E-state index contributed by atoms with van der Waals surface area (Å²) in [6.07, 6.45) is 0. The zero-order valence-corrected chi connectivity index (χ0v) is 9.66. The van der Waals surface area contributed by atoms with E-state index in [1.165, 1.54) is 11.4 Å². The van der Waals surface area contributed by atoms with Gasteiger partial charge >= 0.3 is 0 Å². The van der Waals surface area contributed by atoms with Gasteiger partial charge in [0.2, 0.25) is 5.89 Å². The molecule has 3 nitrogen and oxygen atoms in total. The Morgan fingerprint density at radius 2 is 1.73 bits per heavy atom. The average molecular weight is 204 g/mol. The predicted molar refractivity (Wildman–Crippen MR) is 59.0 cm³/mol. The quantitative estimate of drug-likeness (QED) is 0.753. The van der Waals surface area contributed by atoms with Crippen molar-refractivity contribution in [1.82, 2.24) is 9.55 Å². The maximum Gasteiger partial charge on any atom is 0.214 e. The first-order chi connectivity index (χ1) is 7.08. The molecule has 0 fully saturated rings. The highest BCUT2D eigenvalue weighted by molar-refractivity contribution is 5.15. The van der Waals surface area contributed by atoms with Crippen molar-refractivity contribution in [3.05, 3.63) is 40.9 Å². The monoisotopic (exact) mass is 204 g/mol. The van der Waals surface area contributed by atoms with E-state index >= 15 is 0 Å². The molecule has 0 bridgehead atoms. The van der Waals surface area contributed by atoms with Crippen LogP contribution in [0.15, 0.2) is 16.5 Å². The van der Waals surface area contributed by atoms with E-state index in [-0.39, 0.29) is 0 Å². The first-order valence-corrected chi connectivity index (χ1v) is 5.13. The Morgan fingerprint density at radius 3 is 2.20 bits per heavy atom. The Hall–Kier alpha value is -1.51. The third-order valence-corrected chi connectivity index (χ3v) is 2.78. The summed E-state index contributed by atoms with van der Waals surface area (Å²) in [5.74, 6) is 1.69. The van der Waals surface area contributed by atoms with Gasteiger partial charge in [0.1, 0.15) is 5.76 Å². The SMILES string of the molecule is Cc1nc(Cn2c(C)ccc2C)oc1C. The van der Waals surface area contributed by atoms with Crippen LogP contribution in [0.25, 0.3) is 0 Å². The minimum absolute atomic E-state index is 0.722. The highest BCUT2D eigenvalue weighted by Crippen LogP contribution is 2.13. The van der Waals surface area contributed by atoms with Gasteiger partial charge in [-0.2, -0.15) is 0 Å². The normalized spacial score (nSPS) is 10.9. The molecule has 2 heterocycles. The fourth-order valence-electron chi connectivity index (χ4n) is 1.69. The second-order valence-electron chi connectivity index (χ2n) is 3.95. The van der Waals surface area contributed by atoms with Crippen LogP contribution >= 0.6 is 0 Å². The number of oxazole rings is 1. The van der Waals surface area contributed by atoms with Crippen molar-refractivity contribution in [3.8, 4) is 0 Å². The molecule has 0 aromatic carbocycles. The molecule has 2 aromatic rings. The Kier molecular flexibility index (Phi) is 2.39. The van der Waals surface area contributed by atoms with Gasteiger partial charge in [0.05, 0.1) is 12.2 Å². The average Bonchev–Trinajstić information content (AvgIpc) is 2.64. The summed E-state index contributed by atoms with van der Waals surface area (Å²) in [5.41, 5.74) is 3.45. The van der Waals surface area contributed by atoms with Crippen LogP contribution in [-0.4, -0.2) is 9.55 Å². The van der Waals surface area contributed by atoms with Crippen molar-refractivity contribution in [1.29, 1.82) is 0 Å². The standard InChI is InChI=1S/C12H16N2O/c1-8-5-6-9(2)14(8)7-12-13-10(3)11(4)15-12/h5-6H,7H2,1-4H3. The minimum Gasteiger partial charge on any atom is -0.444 e. The summed E-state index contributed by atoms with van der Waals surface area (Å²) in [6, 6.07) is 4.22. The third-order valence-electron chi connectivity index (χ3n) is 2.78. The lowest BCUT2D eigenvalue weighted by Crippen LogP contribution is -2.03. The molecule has 0 aliphatic heterocycles. The number of aryl methyl sites for hydroxylation is 4. The Labute approximate surface area is 89.7 Å². The van der Waals surface area contributed by atoms with E-state index in [2.05, 4.69) is 35.5 Å². The van der Waals surface area contributed by atoms with E-state index in [1.807, 2.05) is 13.8 Å². The summed E-state index contributed by atoms with van der Waals surface area (Å²) in [4.78, 5) is 4.38. The highest BCUT2D eigenvalue weighted by atomic mass is 16.4. The van der Waals surface area contributed by atoms with Crippen LogP contribution in [0.4, 0.5) is 0 Å². The van der Waals surface area contributed by atoms with E-state index in [0.29, 0.717) is 0 Å². The van der Waals surface area contributed by atoms with Gasteiger partial charge in [-0.1, -0.05) is 0 Å². The van der Waals surface area contributed by atoms with Crippen LogP contribution in [0.3, 0.4) is 0 Å². The molecular formula is C12H16N2O. The molecule has 0 radical (unpaired) electrons. The fraction of sp³-hybridized carbons (Fsp3) is 0.417. The molecule has 0 spiro atoms. The molecule has 0 saturated heterocycles. The van der Waals surface area contributed by atoms with Crippen LogP contribution in [0, 0.1) is 27.7 Å². The Morgan fingerprint density at radius 1 is 1.13 bits per heavy atom. The van der Waals surface area contributed by atoms with Crippen molar-refractivity contribution in [2.45, 2.75) is 34.2 Å². The van der Waals surface area contributed by atoms with E-state index in [0.717, 1.165) is 23.9 Å². The van der Waals surface area contributed by atoms with Gasteiger partial charge in [0, 0.05) is 11.4 Å². The van der Waals surface area contributed by atoms with Crippen molar-refractivity contribution < 1.29 is 4.42 Å². The van der Waals surface area contributed by atoms with Gasteiger partial charge < -0.3 is 8.98 Å². The number of hydrogen-bond donors (Lipinski definition) is 0. The van der Waals surface area contributed by atoms with E-state index < -0.39 is 0 Å². The molecule has 2 aromatic heterocycles. The van der Waals surface area contributed by atoms with Gasteiger partial charge in [-0.05, 0) is 39.8 Å². The molecule has 0 saturated carbocycles. The smallest absolute Gasteiger partial charge is 0.214 e. The van der Waals surface area contributed by atoms with Gasteiger partial charge in [0.15, 0.2) is 0 Å². The summed E-state index contributed by atoms with van der Waals surface area (Å²) in [5, 5.41) is 0. The van der Waals surface area contributed by atoms with Crippen LogP contribution in [0.2, 0.25) is 0 Å². The molecule has 0 aliphatic carbocycles. The molecule has 80 valence electrons. The largest absolute Gasteiger partial charge is 0.444 e. The van der Waals surface area contributed by atoms with Crippen LogP contribution in [0.1, 0.15) is 28.7 Å². The lowest BCUT2D eigenvalue weighted by Gasteiger charge is -2.05. The molecule has 3 heteroatoms. The first kappa shape index (κ1) is 10.0. The summed E-state index contributed by atoms with van der Waals surface area (Å²) in [6.45, 7) is 8.82. The molecule has 15 heavy (non-hydrogen) atoms. The second kappa shape index (κ2) is 3.57. The molecule has 0 amide bonds. The minimum atomic E-state index is 0.722. The lowest BCUT2D eigenvalue weighted by atomic mass is 10.4. The van der Waals surface area contributed by atoms with Crippen LogP contribution in [-0.2, 0) is 6.54 Å². The summed E-state index contributed by atoms with van der Waals surface area (Å²) in [7, 11) is 0. The van der Waals surface area contributed by atoms with Crippen molar-refractivity contribution in [2.24, 2.45) is 0 Å². The maximum atomic E-state index is 5.57. The van der Waals surface area contributed by atoms with Gasteiger partial charge in [-0.25, -0.2) is 4.98 Å². The molecule has 0 aliphatic rings. The topological polar surface area (TPSA) is 31.0 Å². The number of aromatic nitrogens is 2. The number of rotatable bonds is 2. The summed E-state index contributed by atoms with van der Waals surface area (Å²) >= 11 is 0. The fourth-order valence-corrected chi connectivity index (χ4v) is 1.69. The van der Waals surface area contributed by atoms with Crippen LogP contribution in [0.5, 0.6) is 0 Å². The molecule has 0 N–H and O–H groups in total. The number of nitrogens with zero attached hydrogens (tertiary/aromatic N) is 2. The molecular weight excluding hydrogens is 188 g/mol. The first-order valence-electron chi connectivity index (χ1n) is 5.13. The van der Waals surface area contributed by atoms with Crippen molar-refractivity contribution >= 4 is 0 Å². The zero-order chi connectivity index (χ0) is 11.0. The molecule has 0 unspecified atom stereocenters. The molecule has 2 rings (SSSR count). The Bertz CT molecular complexity index is 441. The van der Waals surface area contributed by atoms with Crippen LogP contribution < -0.4 is 0 Å². The van der Waals surface area contributed by atoms with E-state index in [1.54, 1.807) is 0 Å². The van der Waals surface area contributed by atoms with Crippen molar-refractivity contribution in [3.63, 3.8) is 0 Å². The Balaban J connectivity index is 2.29. The molecule has 0 atom stereocenters. The van der Waals surface area contributed by atoms with Gasteiger partial charge in [-0.3, -0.25) is 0 Å². The van der Waals surface area contributed by atoms with Crippen molar-refractivity contribution in [2.75, 3.05) is 0 Å². The van der Waals surface area contributed by atoms with E-state index in [4.69, 9.17) is 4.42 Å². The lowest BCUT2D eigenvalue weighted by molar-refractivity contribution is 0.453. The number of hydrogen-bond acceptors (Lipinski definition) is 2. The summed E-state index contributed by atoms with van der Waals surface area (Å²) < 4.78 is 7.76. The van der Waals surface area contributed by atoms with E-state index in [9.17, 15) is 0 Å². The maximum absolute atomic E-state index is 5.57. The second-order valence-corrected chi connectivity index (χ2v) is 3.95. The van der Waals surface area contributed by atoms with Gasteiger partial charge in [-0.15, -0.1) is 0 Å². The zero-order valence-electron chi connectivity index (χ0n) is 9.66. The highest BCUT2D eigenvalue weighted by Gasteiger charge is 2.08. The predicted octanol–water partition coefficient (Wildman–Crippen LogP) is 2.76. The third kappa shape index (κ3) is 1.82. The van der Waals surface area contributed by atoms with Gasteiger partial charge in [0.25, 0.3) is 0 Å².